The van der Waals surface area contributed by atoms with E-state index in [1.807, 2.05) is 31.2 Å². The van der Waals surface area contributed by atoms with E-state index < -0.39 is 11.7 Å². The summed E-state index contributed by atoms with van der Waals surface area (Å²) in [4.78, 5) is 13.1. The van der Waals surface area contributed by atoms with Gasteiger partial charge in [-0.3, -0.25) is 4.79 Å². The van der Waals surface area contributed by atoms with Crippen molar-refractivity contribution in [1.29, 1.82) is 0 Å². The third-order valence-electron chi connectivity index (χ3n) is 3.42. The lowest BCUT2D eigenvalue weighted by Gasteiger charge is -2.13. The minimum atomic E-state index is -4.38. The molecule has 0 radical (unpaired) electrons. The molecule has 6 heteroatoms. The third kappa shape index (κ3) is 5.30. The number of hydrogen-bond acceptors (Lipinski definition) is 2. The van der Waals surface area contributed by atoms with Gasteiger partial charge in [0.2, 0.25) is 5.91 Å². The fraction of sp³-hybridized carbons (Fsp3) is 0.278. The monoisotopic (exact) mass is 353 g/mol. The molecule has 0 fully saturated rings. The summed E-state index contributed by atoms with van der Waals surface area (Å²) in [5, 5.41) is 2.35. The molecule has 1 amide bonds. The van der Waals surface area contributed by atoms with E-state index in [-0.39, 0.29) is 17.7 Å². The average molecular weight is 353 g/mol. The van der Waals surface area contributed by atoms with Crippen molar-refractivity contribution in [3.8, 4) is 0 Å². The Morgan fingerprint density at radius 2 is 1.83 bits per heavy atom. The number of rotatable bonds is 5. The van der Waals surface area contributed by atoms with Crippen LogP contribution in [0.4, 0.5) is 13.2 Å². The van der Waals surface area contributed by atoms with Gasteiger partial charge in [0, 0.05) is 11.4 Å². The Kier molecular flexibility index (Phi) is 5.94. The highest BCUT2D eigenvalue weighted by Crippen LogP contribution is 2.29. The minimum Gasteiger partial charge on any atom is -0.351 e. The van der Waals surface area contributed by atoms with Crippen molar-refractivity contribution in [2.45, 2.75) is 36.7 Å². The summed E-state index contributed by atoms with van der Waals surface area (Å²) < 4.78 is 38.0. The van der Waals surface area contributed by atoms with Gasteiger partial charge in [-0.05, 0) is 43.7 Å². The molecule has 24 heavy (non-hydrogen) atoms. The average Bonchev–Trinajstić information content (AvgIpc) is 2.54. The van der Waals surface area contributed by atoms with Gasteiger partial charge in [0.05, 0.1) is 10.8 Å². The number of alkyl halides is 3. The predicted molar refractivity (Wildman–Crippen MR) is 89.8 cm³/mol. The van der Waals surface area contributed by atoms with Crippen LogP contribution in [0.2, 0.25) is 0 Å². The van der Waals surface area contributed by atoms with E-state index in [1.165, 1.54) is 17.8 Å². The van der Waals surface area contributed by atoms with Crippen molar-refractivity contribution in [3.05, 3.63) is 65.2 Å². The molecule has 2 rings (SSSR count). The van der Waals surface area contributed by atoms with E-state index >= 15 is 0 Å². The van der Waals surface area contributed by atoms with Crippen LogP contribution in [0.15, 0.2) is 53.4 Å². The Morgan fingerprint density at radius 3 is 2.46 bits per heavy atom. The quantitative estimate of drug-likeness (QED) is 0.782. The Morgan fingerprint density at radius 1 is 1.17 bits per heavy atom. The molecule has 0 spiro atoms. The van der Waals surface area contributed by atoms with E-state index in [0.717, 1.165) is 22.6 Å². The van der Waals surface area contributed by atoms with Gasteiger partial charge in [-0.1, -0.05) is 29.8 Å². The van der Waals surface area contributed by atoms with E-state index in [4.69, 9.17) is 0 Å². The lowest BCUT2D eigenvalue weighted by atomic mass is 10.1. The van der Waals surface area contributed by atoms with E-state index in [2.05, 4.69) is 5.32 Å². The Hall–Kier alpha value is -1.95. The van der Waals surface area contributed by atoms with Gasteiger partial charge in [0.1, 0.15) is 0 Å². The SMILES string of the molecule is Cc1ccc(S[C@@H](C)C(=O)NCc2cccc(C(F)(F)F)c2)cc1. The molecule has 0 unspecified atom stereocenters. The molecular formula is C18H18F3NOS. The summed E-state index contributed by atoms with van der Waals surface area (Å²) in [5.41, 5.74) is 0.850. The van der Waals surface area contributed by atoms with Crippen molar-refractivity contribution in [3.63, 3.8) is 0 Å². The first-order chi connectivity index (χ1) is 11.3. The number of nitrogens with one attached hydrogen (secondary N) is 1. The Labute approximate surface area is 143 Å². The second kappa shape index (κ2) is 7.75. The van der Waals surface area contributed by atoms with Gasteiger partial charge < -0.3 is 5.32 Å². The zero-order valence-electron chi connectivity index (χ0n) is 13.4. The van der Waals surface area contributed by atoms with Crippen LogP contribution < -0.4 is 5.32 Å². The van der Waals surface area contributed by atoms with E-state index in [1.54, 1.807) is 13.0 Å². The van der Waals surface area contributed by atoms with Crippen LogP contribution in [-0.2, 0) is 17.5 Å². The largest absolute Gasteiger partial charge is 0.416 e. The van der Waals surface area contributed by atoms with Gasteiger partial charge >= 0.3 is 6.18 Å². The third-order valence-corrected chi connectivity index (χ3v) is 4.54. The molecule has 0 bridgehead atoms. The Balaban J connectivity index is 1.91. The summed E-state index contributed by atoms with van der Waals surface area (Å²) in [6.07, 6.45) is -4.38. The zero-order valence-corrected chi connectivity index (χ0v) is 14.2. The van der Waals surface area contributed by atoms with Crippen LogP contribution in [0.1, 0.15) is 23.6 Å². The molecule has 0 saturated heterocycles. The molecule has 1 N–H and O–H groups in total. The molecule has 0 aliphatic rings. The Bertz CT molecular complexity index is 698. The number of halogens is 3. The van der Waals surface area contributed by atoms with Crippen molar-refractivity contribution in [2.24, 2.45) is 0 Å². The van der Waals surface area contributed by atoms with Gasteiger partial charge in [-0.2, -0.15) is 13.2 Å². The maximum atomic E-state index is 12.7. The molecule has 2 aromatic rings. The molecule has 1 atom stereocenters. The van der Waals surface area contributed by atoms with Crippen molar-refractivity contribution in [2.75, 3.05) is 0 Å². The topological polar surface area (TPSA) is 29.1 Å². The molecule has 0 saturated carbocycles. The minimum absolute atomic E-state index is 0.0710. The molecule has 2 aromatic carbocycles. The summed E-state index contributed by atoms with van der Waals surface area (Å²) in [6, 6.07) is 12.8. The molecule has 0 aliphatic heterocycles. The predicted octanol–water partition coefficient (Wildman–Crippen LogP) is 4.81. The molecule has 0 aliphatic carbocycles. The second-order valence-electron chi connectivity index (χ2n) is 5.49. The zero-order chi connectivity index (χ0) is 17.7. The van der Waals surface area contributed by atoms with Crippen LogP contribution >= 0.6 is 11.8 Å². The highest BCUT2D eigenvalue weighted by atomic mass is 32.2. The first kappa shape index (κ1) is 18.4. The van der Waals surface area contributed by atoms with Crippen LogP contribution in [0.25, 0.3) is 0 Å². The van der Waals surface area contributed by atoms with Crippen molar-refractivity contribution in [1.82, 2.24) is 5.32 Å². The van der Waals surface area contributed by atoms with Crippen molar-refractivity contribution < 1.29 is 18.0 Å². The molecule has 128 valence electrons. The van der Waals surface area contributed by atoms with Gasteiger partial charge in [-0.15, -0.1) is 11.8 Å². The summed E-state index contributed by atoms with van der Waals surface area (Å²) >= 11 is 1.41. The lowest BCUT2D eigenvalue weighted by molar-refractivity contribution is -0.137. The smallest absolute Gasteiger partial charge is 0.351 e. The van der Waals surface area contributed by atoms with Crippen molar-refractivity contribution >= 4 is 17.7 Å². The number of carbonyl (C=O) groups is 1. The van der Waals surface area contributed by atoms with Crippen LogP contribution in [0, 0.1) is 6.92 Å². The van der Waals surface area contributed by atoms with Crippen LogP contribution in [-0.4, -0.2) is 11.2 Å². The maximum absolute atomic E-state index is 12.7. The first-order valence-electron chi connectivity index (χ1n) is 7.43. The van der Waals surface area contributed by atoms with Gasteiger partial charge in [-0.25, -0.2) is 0 Å². The number of aryl methyl sites for hydroxylation is 1. The highest BCUT2D eigenvalue weighted by Gasteiger charge is 2.30. The number of carbonyl (C=O) groups excluding carboxylic acids is 1. The van der Waals surface area contributed by atoms with E-state index in [0.29, 0.717) is 5.56 Å². The maximum Gasteiger partial charge on any atom is 0.416 e. The summed E-state index contributed by atoms with van der Waals surface area (Å²) in [7, 11) is 0. The summed E-state index contributed by atoms with van der Waals surface area (Å²) in [6.45, 7) is 3.83. The summed E-state index contributed by atoms with van der Waals surface area (Å²) in [5.74, 6) is -0.210. The number of amides is 1. The molecular weight excluding hydrogens is 335 g/mol. The van der Waals surface area contributed by atoms with E-state index in [9.17, 15) is 18.0 Å². The van der Waals surface area contributed by atoms with Gasteiger partial charge in [0.25, 0.3) is 0 Å². The van der Waals surface area contributed by atoms with Crippen LogP contribution in [0.5, 0.6) is 0 Å². The highest BCUT2D eigenvalue weighted by molar-refractivity contribution is 8.00. The molecule has 0 aromatic heterocycles. The molecule has 0 heterocycles. The van der Waals surface area contributed by atoms with Crippen LogP contribution in [0.3, 0.4) is 0 Å². The number of hydrogen-bond donors (Lipinski definition) is 1. The first-order valence-corrected chi connectivity index (χ1v) is 8.31. The van der Waals surface area contributed by atoms with Gasteiger partial charge in [0.15, 0.2) is 0 Å². The fourth-order valence-electron chi connectivity index (χ4n) is 2.07. The standard InChI is InChI=1S/C18H18F3NOS/c1-12-6-8-16(9-7-12)24-13(2)17(23)22-11-14-4-3-5-15(10-14)18(19,20)21/h3-10,13H,11H2,1-2H3,(H,22,23)/t13-/m0/s1. The number of benzene rings is 2. The second-order valence-corrected chi connectivity index (χ2v) is 6.90. The fourth-order valence-corrected chi connectivity index (χ4v) is 2.96. The number of thioether (sulfide) groups is 1. The normalized spacial score (nSPS) is 12.7. The molecule has 2 nitrogen and oxygen atoms in total. The lowest BCUT2D eigenvalue weighted by Crippen LogP contribution is -2.30.